The van der Waals surface area contributed by atoms with Gasteiger partial charge in [-0.15, -0.1) is 0 Å². The summed E-state index contributed by atoms with van der Waals surface area (Å²) >= 11 is 3.44. The Morgan fingerprint density at radius 2 is 1.71 bits per heavy atom. The van der Waals surface area contributed by atoms with Crippen molar-refractivity contribution in [2.24, 2.45) is 0 Å². The summed E-state index contributed by atoms with van der Waals surface area (Å²) in [6, 6.07) is 14.9. The zero-order valence-electron chi connectivity index (χ0n) is 10.1. The molecule has 0 saturated carbocycles. The van der Waals surface area contributed by atoms with Gasteiger partial charge in [0.15, 0.2) is 0 Å². The van der Waals surface area contributed by atoms with E-state index >= 15 is 0 Å². The summed E-state index contributed by atoms with van der Waals surface area (Å²) in [5.41, 5.74) is 5.09. The Morgan fingerprint density at radius 3 is 2.35 bits per heavy atom. The predicted molar refractivity (Wildman–Crippen MR) is 77.4 cm³/mol. The van der Waals surface area contributed by atoms with Crippen LogP contribution in [0.3, 0.4) is 0 Å². The SMILES string of the molecule is Cc1ccc(NCc2ccc(Br)cc2)c(C)c1. The Bertz CT molecular complexity index is 503. The first-order chi connectivity index (χ1) is 8.15. The average molecular weight is 290 g/mol. The quantitative estimate of drug-likeness (QED) is 0.865. The number of anilines is 1. The fourth-order valence-electron chi connectivity index (χ4n) is 1.81. The minimum absolute atomic E-state index is 0.858. The molecule has 0 aliphatic heterocycles. The van der Waals surface area contributed by atoms with E-state index in [0.717, 1.165) is 11.0 Å². The highest BCUT2D eigenvalue weighted by Gasteiger charge is 1.98. The first-order valence-corrected chi connectivity index (χ1v) is 6.50. The van der Waals surface area contributed by atoms with E-state index in [0.29, 0.717) is 0 Å². The van der Waals surface area contributed by atoms with Crippen molar-refractivity contribution in [2.45, 2.75) is 20.4 Å². The van der Waals surface area contributed by atoms with Crippen LogP contribution in [0.5, 0.6) is 0 Å². The number of aryl methyl sites for hydroxylation is 2. The average Bonchev–Trinajstić information content (AvgIpc) is 2.30. The van der Waals surface area contributed by atoms with Gasteiger partial charge in [-0.05, 0) is 43.2 Å². The van der Waals surface area contributed by atoms with Crippen molar-refractivity contribution in [1.29, 1.82) is 0 Å². The van der Waals surface area contributed by atoms with Crippen LogP contribution in [0.15, 0.2) is 46.9 Å². The summed E-state index contributed by atoms with van der Waals surface area (Å²) in [6.07, 6.45) is 0. The van der Waals surface area contributed by atoms with Crippen LogP contribution >= 0.6 is 15.9 Å². The van der Waals surface area contributed by atoms with Crippen molar-refractivity contribution in [2.75, 3.05) is 5.32 Å². The Morgan fingerprint density at radius 1 is 1.00 bits per heavy atom. The molecule has 17 heavy (non-hydrogen) atoms. The van der Waals surface area contributed by atoms with E-state index in [9.17, 15) is 0 Å². The van der Waals surface area contributed by atoms with Gasteiger partial charge in [-0.3, -0.25) is 0 Å². The van der Waals surface area contributed by atoms with Crippen LogP contribution in [0, 0.1) is 13.8 Å². The van der Waals surface area contributed by atoms with Gasteiger partial charge in [0, 0.05) is 16.7 Å². The van der Waals surface area contributed by atoms with Crippen LogP contribution in [-0.4, -0.2) is 0 Å². The van der Waals surface area contributed by atoms with Crippen molar-refractivity contribution in [3.63, 3.8) is 0 Å². The lowest BCUT2D eigenvalue weighted by molar-refractivity contribution is 1.14. The fourth-order valence-corrected chi connectivity index (χ4v) is 2.08. The molecule has 0 aliphatic carbocycles. The number of rotatable bonds is 3. The van der Waals surface area contributed by atoms with Gasteiger partial charge in [0.1, 0.15) is 0 Å². The van der Waals surface area contributed by atoms with Crippen LogP contribution in [0.1, 0.15) is 16.7 Å². The molecule has 0 radical (unpaired) electrons. The molecular weight excluding hydrogens is 274 g/mol. The lowest BCUT2D eigenvalue weighted by Gasteiger charge is -2.10. The van der Waals surface area contributed by atoms with E-state index in [-0.39, 0.29) is 0 Å². The third kappa shape index (κ3) is 3.34. The molecule has 2 aromatic rings. The van der Waals surface area contributed by atoms with E-state index in [2.05, 4.69) is 77.6 Å². The zero-order valence-corrected chi connectivity index (χ0v) is 11.7. The topological polar surface area (TPSA) is 12.0 Å². The Labute approximate surface area is 111 Å². The molecule has 0 bridgehead atoms. The second kappa shape index (κ2) is 5.37. The highest BCUT2D eigenvalue weighted by Crippen LogP contribution is 2.17. The van der Waals surface area contributed by atoms with Gasteiger partial charge >= 0.3 is 0 Å². The van der Waals surface area contributed by atoms with E-state index < -0.39 is 0 Å². The first-order valence-electron chi connectivity index (χ1n) is 5.71. The zero-order chi connectivity index (χ0) is 12.3. The van der Waals surface area contributed by atoms with E-state index in [1.54, 1.807) is 0 Å². The molecule has 2 rings (SSSR count). The van der Waals surface area contributed by atoms with Crippen molar-refractivity contribution in [3.05, 3.63) is 63.6 Å². The molecule has 0 amide bonds. The molecule has 0 fully saturated rings. The molecule has 0 heterocycles. The van der Waals surface area contributed by atoms with Crippen LogP contribution in [0.25, 0.3) is 0 Å². The van der Waals surface area contributed by atoms with Crippen LogP contribution < -0.4 is 5.32 Å². The Hall–Kier alpha value is -1.28. The molecule has 2 heteroatoms. The molecule has 1 nitrogen and oxygen atoms in total. The van der Waals surface area contributed by atoms with Gasteiger partial charge in [0.2, 0.25) is 0 Å². The maximum absolute atomic E-state index is 3.46. The standard InChI is InChI=1S/C15H16BrN/c1-11-3-8-15(12(2)9-11)17-10-13-4-6-14(16)7-5-13/h3-9,17H,10H2,1-2H3. The summed E-state index contributed by atoms with van der Waals surface area (Å²) in [5.74, 6) is 0. The van der Waals surface area contributed by atoms with Crippen LogP contribution in [0.4, 0.5) is 5.69 Å². The highest BCUT2D eigenvalue weighted by molar-refractivity contribution is 9.10. The smallest absolute Gasteiger partial charge is 0.0400 e. The maximum atomic E-state index is 3.46. The number of nitrogens with one attached hydrogen (secondary N) is 1. The van der Waals surface area contributed by atoms with Gasteiger partial charge in [-0.25, -0.2) is 0 Å². The van der Waals surface area contributed by atoms with Crippen LogP contribution in [-0.2, 0) is 6.54 Å². The number of hydrogen-bond acceptors (Lipinski definition) is 1. The predicted octanol–water partition coefficient (Wildman–Crippen LogP) is 4.68. The monoisotopic (exact) mass is 289 g/mol. The summed E-state index contributed by atoms with van der Waals surface area (Å²) in [4.78, 5) is 0. The van der Waals surface area contributed by atoms with Gasteiger partial charge in [0.05, 0.1) is 0 Å². The Balaban J connectivity index is 2.04. The lowest BCUT2D eigenvalue weighted by Crippen LogP contribution is -2.00. The fraction of sp³-hybridized carbons (Fsp3) is 0.200. The third-order valence-electron chi connectivity index (χ3n) is 2.78. The van der Waals surface area contributed by atoms with Crippen molar-refractivity contribution >= 4 is 21.6 Å². The first kappa shape index (κ1) is 12.2. The molecule has 0 aliphatic rings. The molecule has 1 N–H and O–H groups in total. The number of benzene rings is 2. The summed E-state index contributed by atoms with van der Waals surface area (Å²) in [5, 5.41) is 3.46. The van der Waals surface area contributed by atoms with Crippen LogP contribution in [0.2, 0.25) is 0 Å². The van der Waals surface area contributed by atoms with Gasteiger partial charge in [-0.1, -0.05) is 45.8 Å². The van der Waals surface area contributed by atoms with Gasteiger partial charge in [-0.2, -0.15) is 0 Å². The minimum atomic E-state index is 0.858. The molecular formula is C15H16BrN. The third-order valence-corrected chi connectivity index (χ3v) is 3.31. The normalized spacial score (nSPS) is 10.3. The highest BCUT2D eigenvalue weighted by atomic mass is 79.9. The summed E-state index contributed by atoms with van der Waals surface area (Å²) < 4.78 is 1.12. The van der Waals surface area contributed by atoms with Crippen molar-refractivity contribution in [3.8, 4) is 0 Å². The largest absolute Gasteiger partial charge is 0.381 e. The second-order valence-corrected chi connectivity index (χ2v) is 5.21. The van der Waals surface area contributed by atoms with E-state index in [1.807, 2.05) is 0 Å². The summed E-state index contributed by atoms with van der Waals surface area (Å²) in [7, 11) is 0. The second-order valence-electron chi connectivity index (χ2n) is 4.30. The molecule has 0 unspecified atom stereocenters. The maximum Gasteiger partial charge on any atom is 0.0400 e. The van der Waals surface area contributed by atoms with Gasteiger partial charge in [0.25, 0.3) is 0 Å². The summed E-state index contributed by atoms with van der Waals surface area (Å²) in [6.45, 7) is 5.11. The molecule has 0 aromatic heterocycles. The molecule has 2 aromatic carbocycles. The van der Waals surface area contributed by atoms with E-state index in [4.69, 9.17) is 0 Å². The number of hydrogen-bond donors (Lipinski definition) is 1. The molecule has 0 spiro atoms. The molecule has 88 valence electrons. The Kier molecular flexibility index (Phi) is 3.85. The number of halogens is 1. The lowest BCUT2D eigenvalue weighted by atomic mass is 10.1. The van der Waals surface area contributed by atoms with Crippen molar-refractivity contribution < 1.29 is 0 Å². The molecule has 0 atom stereocenters. The van der Waals surface area contributed by atoms with Gasteiger partial charge < -0.3 is 5.32 Å². The molecule has 0 saturated heterocycles. The minimum Gasteiger partial charge on any atom is -0.381 e. The van der Waals surface area contributed by atoms with E-state index in [1.165, 1.54) is 22.4 Å². The van der Waals surface area contributed by atoms with Crippen molar-refractivity contribution in [1.82, 2.24) is 0 Å².